The standard InChI is InChI=1S/C13H13Br2NS/c1-2-10-4-5-11(17-10)8-16-13-7-9(14)3-6-12(13)15/h3-7,16H,2,8H2,1H3. The van der Waals surface area contributed by atoms with Crippen LogP contribution in [-0.4, -0.2) is 0 Å². The molecule has 1 aromatic heterocycles. The Labute approximate surface area is 123 Å². The molecule has 1 N–H and O–H groups in total. The fourth-order valence-corrected chi connectivity index (χ4v) is 3.17. The Hall–Kier alpha value is -0.320. The zero-order valence-electron chi connectivity index (χ0n) is 9.47. The van der Waals surface area contributed by atoms with Crippen LogP contribution in [0, 0.1) is 0 Å². The van der Waals surface area contributed by atoms with Crippen molar-refractivity contribution >= 4 is 48.9 Å². The van der Waals surface area contributed by atoms with Crippen LogP contribution in [0.1, 0.15) is 16.7 Å². The maximum atomic E-state index is 3.54. The first kappa shape index (κ1) is 13.1. The molecule has 2 aromatic rings. The van der Waals surface area contributed by atoms with Crippen LogP contribution in [0.5, 0.6) is 0 Å². The molecular weight excluding hydrogens is 362 g/mol. The van der Waals surface area contributed by atoms with Gasteiger partial charge in [-0.3, -0.25) is 0 Å². The lowest BCUT2D eigenvalue weighted by molar-refractivity contribution is 1.18. The number of rotatable bonds is 4. The average Bonchev–Trinajstić information content (AvgIpc) is 2.78. The van der Waals surface area contributed by atoms with Crippen molar-refractivity contribution in [2.75, 3.05) is 5.32 Å². The highest BCUT2D eigenvalue weighted by molar-refractivity contribution is 9.11. The first-order valence-electron chi connectivity index (χ1n) is 5.45. The van der Waals surface area contributed by atoms with Crippen LogP contribution < -0.4 is 5.32 Å². The Morgan fingerprint density at radius 1 is 1.12 bits per heavy atom. The predicted molar refractivity (Wildman–Crippen MR) is 82.9 cm³/mol. The number of aryl methyl sites for hydroxylation is 1. The summed E-state index contributed by atoms with van der Waals surface area (Å²) in [6.07, 6.45) is 1.12. The number of benzene rings is 1. The second kappa shape index (κ2) is 6.03. The summed E-state index contributed by atoms with van der Waals surface area (Å²) >= 11 is 8.90. The molecule has 0 spiro atoms. The zero-order valence-corrected chi connectivity index (χ0v) is 13.5. The molecule has 0 radical (unpaired) electrons. The fourth-order valence-electron chi connectivity index (χ4n) is 1.52. The van der Waals surface area contributed by atoms with Crippen molar-refractivity contribution in [1.29, 1.82) is 0 Å². The minimum atomic E-state index is 0.875. The molecule has 0 aliphatic carbocycles. The summed E-state index contributed by atoms with van der Waals surface area (Å²) in [7, 11) is 0. The van der Waals surface area contributed by atoms with E-state index in [0.29, 0.717) is 0 Å². The summed E-state index contributed by atoms with van der Waals surface area (Å²) in [6, 6.07) is 10.5. The van der Waals surface area contributed by atoms with Gasteiger partial charge in [0, 0.05) is 30.9 Å². The van der Waals surface area contributed by atoms with Crippen molar-refractivity contribution in [1.82, 2.24) is 0 Å². The summed E-state index contributed by atoms with van der Waals surface area (Å²) in [6.45, 7) is 3.06. The molecule has 0 saturated carbocycles. The fraction of sp³-hybridized carbons (Fsp3) is 0.231. The van der Waals surface area contributed by atoms with Gasteiger partial charge in [-0.2, -0.15) is 0 Å². The number of hydrogen-bond acceptors (Lipinski definition) is 2. The third-order valence-corrected chi connectivity index (χ3v) is 4.86. The van der Waals surface area contributed by atoms with E-state index in [-0.39, 0.29) is 0 Å². The number of anilines is 1. The van der Waals surface area contributed by atoms with Gasteiger partial charge in [0.05, 0.1) is 0 Å². The smallest absolute Gasteiger partial charge is 0.0498 e. The molecule has 0 bridgehead atoms. The predicted octanol–water partition coefficient (Wildman–Crippen LogP) is 5.45. The van der Waals surface area contributed by atoms with Crippen molar-refractivity contribution in [2.45, 2.75) is 19.9 Å². The molecule has 0 atom stereocenters. The lowest BCUT2D eigenvalue weighted by Crippen LogP contribution is -1.97. The van der Waals surface area contributed by atoms with Crippen LogP contribution in [0.15, 0.2) is 39.3 Å². The Bertz CT molecular complexity index is 508. The van der Waals surface area contributed by atoms with E-state index in [1.54, 1.807) is 0 Å². The molecule has 0 unspecified atom stereocenters. The first-order chi connectivity index (χ1) is 8.19. The lowest BCUT2D eigenvalue weighted by atomic mass is 10.3. The van der Waals surface area contributed by atoms with E-state index >= 15 is 0 Å². The largest absolute Gasteiger partial charge is 0.379 e. The zero-order chi connectivity index (χ0) is 12.3. The van der Waals surface area contributed by atoms with Gasteiger partial charge >= 0.3 is 0 Å². The Morgan fingerprint density at radius 2 is 1.88 bits per heavy atom. The van der Waals surface area contributed by atoms with Crippen LogP contribution >= 0.6 is 43.2 Å². The summed E-state index contributed by atoms with van der Waals surface area (Å²) in [5.41, 5.74) is 1.12. The maximum absolute atomic E-state index is 3.54. The molecule has 0 aliphatic rings. The lowest BCUT2D eigenvalue weighted by Gasteiger charge is -2.07. The molecule has 0 amide bonds. The van der Waals surface area contributed by atoms with E-state index < -0.39 is 0 Å². The molecule has 0 saturated heterocycles. The molecular formula is C13H13Br2NS. The molecule has 90 valence electrons. The van der Waals surface area contributed by atoms with Gasteiger partial charge in [-0.15, -0.1) is 11.3 Å². The SMILES string of the molecule is CCc1ccc(CNc2cc(Br)ccc2Br)s1. The van der Waals surface area contributed by atoms with Crippen molar-refractivity contribution in [3.05, 3.63) is 49.0 Å². The summed E-state index contributed by atoms with van der Waals surface area (Å²) in [4.78, 5) is 2.81. The van der Waals surface area contributed by atoms with Gasteiger partial charge < -0.3 is 5.32 Å². The van der Waals surface area contributed by atoms with E-state index in [1.165, 1.54) is 9.75 Å². The van der Waals surface area contributed by atoms with Crippen molar-refractivity contribution in [2.24, 2.45) is 0 Å². The summed E-state index contributed by atoms with van der Waals surface area (Å²) < 4.78 is 2.18. The molecule has 17 heavy (non-hydrogen) atoms. The minimum Gasteiger partial charge on any atom is -0.379 e. The third-order valence-electron chi connectivity index (χ3n) is 2.45. The van der Waals surface area contributed by atoms with Gasteiger partial charge in [0.1, 0.15) is 0 Å². The Morgan fingerprint density at radius 3 is 2.59 bits per heavy atom. The Balaban J connectivity index is 2.04. The normalized spacial score (nSPS) is 10.5. The molecule has 0 aliphatic heterocycles. The highest BCUT2D eigenvalue weighted by Gasteiger charge is 2.02. The van der Waals surface area contributed by atoms with Gasteiger partial charge in [0.15, 0.2) is 0 Å². The Kier molecular flexibility index (Phi) is 4.65. The number of halogens is 2. The topological polar surface area (TPSA) is 12.0 Å². The number of nitrogens with one attached hydrogen (secondary N) is 1. The van der Waals surface area contributed by atoms with E-state index in [1.807, 2.05) is 23.5 Å². The molecule has 2 rings (SSSR count). The van der Waals surface area contributed by atoms with Gasteiger partial charge in [-0.25, -0.2) is 0 Å². The molecule has 4 heteroatoms. The van der Waals surface area contributed by atoms with E-state index in [9.17, 15) is 0 Å². The summed E-state index contributed by atoms with van der Waals surface area (Å²) in [5, 5.41) is 3.44. The van der Waals surface area contributed by atoms with Crippen molar-refractivity contribution < 1.29 is 0 Å². The number of thiophene rings is 1. The van der Waals surface area contributed by atoms with Crippen LogP contribution in [-0.2, 0) is 13.0 Å². The van der Waals surface area contributed by atoms with Crippen LogP contribution in [0.25, 0.3) is 0 Å². The minimum absolute atomic E-state index is 0.875. The second-order valence-electron chi connectivity index (χ2n) is 3.70. The van der Waals surface area contributed by atoms with Gasteiger partial charge in [-0.1, -0.05) is 22.9 Å². The van der Waals surface area contributed by atoms with Crippen molar-refractivity contribution in [3.63, 3.8) is 0 Å². The molecule has 1 nitrogen and oxygen atoms in total. The third kappa shape index (κ3) is 3.57. The highest BCUT2D eigenvalue weighted by Crippen LogP contribution is 2.27. The van der Waals surface area contributed by atoms with Gasteiger partial charge in [0.2, 0.25) is 0 Å². The average molecular weight is 375 g/mol. The van der Waals surface area contributed by atoms with E-state index in [2.05, 4.69) is 62.3 Å². The van der Waals surface area contributed by atoms with E-state index in [0.717, 1.165) is 27.6 Å². The van der Waals surface area contributed by atoms with Crippen molar-refractivity contribution in [3.8, 4) is 0 Å². The molecule has 1 heterocycles. The second-order valence-corrected chi connectivity index (χ2v) is 6.72. The summed E-state index contributed by atoms with van der Waals surface area (Å²) in [5.74, 6) is 0. The molecule has 0 fully saturated rings. The monoisotopic (exact) mass is 373 g/mol. The maximum Gasteiger partial charge on any atom is 0.0498 e. The van der Waals surface area contributed by atoms with E-state index in [4.69, 9.17) is 0 Å². The van der Waals surface area contributed by atoms with Gasteiger partial charge in [-0.05, 0) is 52.7 Å². The van der Waals surface area contributed by atoms with Gasteiger partial charge in [0.25, 0.3) is 0 Å². The highest BCUT2D eigenvalue weighted by atomic mass is 79.9. The van der Waals surface area contributed by atoms with Crippen LogP contribution in [0.4, 0.5) is 5.69 Å². The number of hydrogen-bond donors (Lipinski definition) is 1. The van der Waals surface area contributed by atoms with Crippen LogP contribution in [0.3, 0.4) is 0 Å². The quantitative estimate of drug-likeness (QED) is 0.750. The molecule has 1 aromatic carbocycles. The van der Waals surface area contributed by atoms with Crippen LogP contribution in [0.2, 0.25) is 0 Å². The first-order valence-corrected chi connectivity index (χ1v) is 7.86.